The third-order valence-electron chi connectivity index (χ3n) is 1.50. The highest BCUT2D eigenvalue weighted by Gasteiger charge is 2.15. The minimum atomic E-state index is -0.565. The number of aliphatic hydroxyl groups is 1. The molecule has 86 valence electrons. The molecule has 0 saturated carbocycles. The Morgan fingerprint density at radius 3 is 2.67 bits per heavy atom. The van der Waals surface area contributed by atoms with E-state index in [1.807, 2.05) is 0 Å². The standard InChI is InChI=1S/C11H19NO3/c1-5-6-9(13)7-8-12-10(14)15-11(2,3)4/h1,9,13H,6-8H2,2-4H3,(H,12,14)/t9-/m1/s1. The van der Waals surface area contributed by atoms with E-state index in [0.29, 0.717) is 19.4 Å². The van der Waals surface area contributed by atoms with E-state index in [2.05, 4.69) is 11.2 Å². The maximum absolute atomic E-state index is 11.1. The highest BCUT2D eigenvalue weighted by atomic mass is 16.6. The number of terminal acetylenes is 1. The Bertz CT molecular complexity index is 237. The van der Waals surface area contributed by atoms with Crippen LogP contribution < -0.4 is 5.32 Å². The molecule has 0 aromatic rings. The Labute approximate surface area is 91.0 Å². The lowest BCUT2D eigenvalue weighted by atomic mass is 10.2. The zero-order chi connectivity index (χ0) is 11.9. The van der Waals surface area contributed by atoms with Crippen LogP contribution in [0.1, 0.15) is 33.6 Å². The average molecular weight is 213 g/mol. The quantitative estimate of drug-likeness (QED) is 0.692. The van der Waals surface area contributed by atoms with Gasteiger partial charge in [0.05, 0.1) is 6.10 Å². The molecule has 4 heteroatoms. The summed E-state index contributed by atoms with van der Waals surface area (Å²) >= 11 is 0. The summed E-state index contributed by atoms with van der Waals surface area (Å²) in [5.74, 6) is 2.35. The van der Waals surface area contributed by atoms with Crippen LogP contribution in [0.3, 0.4) is 0 Å². The van der Waals surface area contributed by atoms with Crippen LogP contribution in [0.25, 0.3) is 0 Å². The van der Waals surface area contributed by atoms with Gasteiger partial charge in [-0.15, -0.1) is 12.3 Å². The molecule has 0 spiro atoms. The van der Waals surface area contributed by atoms with Gasteiger partial charge < -0.3 is 15.2 Å². The van der Waals surface area contributed by atoms with Gasteiger partial charge in [-0.2, -0.15) is 0 Å². The van der Waals surface area contributed by atoms with Gasteiger partial charge in [0, 0.05) is 13.0 Å². The first-order valence-electron chi connectivity index (χ1n) is 4.93. The van der Waals surface area contributed by atoms with Crippen molar-refractivity contribution in [3.8, 4) is 12.3 Å². The summed E-state index contributed by atoms with van der Waals surface area (Å²) in [6, 6.07) is 0. The Morgan fingerprint density at radius 1 is 1.60 bits per heavy atom. The van der Waals surface area contributed by atoms with E-state index < -0.39 is 17.8 Å². The summed E-state index contributed by atoms with van der Waals surface area (Å²) in [4.78, 5) is 11.1. The minimum Gasteiger partial charge on any atom is -0.444 e. The molecule has 2 N–H and O–H groups in total. The molecule has 0 unspecified atom stereocenters. The molecule has 15 heavy (non-hydrogen) atoms. The number of hydrogen-bond acceptors (Lipinski definition) is 3. The highest BCUT2D eigenvalue weighted by Crippen LogP contribution is 2.06. The smallest absolute Gasteiger partial charge is 0.407 e. The molecule has 0 aliphatic heterocycles. The van der Waals surface area contributed by atoms with Crippen LogP contribution in [-0.4, -0.2) is 29.4 Å². The fourth-order valence-corrected chi connectivity index (χ4v) is 0.893. The first kappa shape index (κ1) is 13.8. The molecule has 0 rings (SSSR count). The van der Waals surface area contributed by atoms with Crippen LogP contribution >= 0.6 is 0 Å². The minimum absolute atomic E-state index is 0.302. The summed E-state index contributed by atoms with van der Waals surface area (Å²) in [5.41, 5.74) is -0.498. The Hall–Kier alpha value is -1.21. The van der Waals surface area contributed by atoms with Gasteiger partial charge in [-0.3, -0.25) is 0 Å². The normalized spacial score (nSPS) is 12.7. The van der Waals surface area contributed by atoms with Crippen molar-refractivity contribution in [2.45, 2.75) is 45.3 Å². The third kappa shape index (κ3) is 9.10. The van der Waals surface area contributed by atoms with Crippen molar-refractivity contribution < 1.29 is 14.6 Å². The number of ether oxygens (including phenoxy) is 1. The molecule has 0 aromatic heterocycles. The lowest BCUT2D eigenvalue weighted by Crippen LogP contribution is -2.34. The summed E-state index contributed by atoms with van der Waals surface area (Å²) in [7, 11) is 0. The molecule has 0 aromatic carbocycles. The van der Waals surface area contributed by atoms with E-state index >= 15 is 0 Å². The number of nitrogens with one attached hydrogen (secondary N) is 1. The number of rotatable bonds is 4. The molecule has 0 aliphatic carbocycles. The van der Waals surface area contributed by atoms with Crippen LogP contribution in [-0.2, 0) is 4.74 Å². The fraction of sp³-hybridized carbons (Fsp3) is 0.727. The van der Waals surface area contributed by atoms with Crippen LogP contribution in [0.2, 0.25) is 0 Å². The van der Waals surface area contributed by atoms with Crippen LogP contribution in [0.4, 0.5) is 4.79 Å². The largest absolute Gasteiger partial charge is 0.444 e. The topological polar surface area (TPSA) is 58.6 Å². The molecule has 1 atom stereocenters. The molecule has 0 radical (unpaired) electrons. The lowest BCUT2D eigenvalue weighted by Gasteiger charge is -2.19. The number of carbonyl (C=O) groups is 1. The second-order valence-corrected chi connectivity index (χ2v) is 4.28. The summed E-state index contributed by atoms with van der Waals surface area (Å²) < 4.78 is 5.01. The number of alkyl carbamates (subject to hydrolysis) is 1. The van der Waals surface area contributed by atoms with Crippen molar-refractivity contribution in [1.29, 1.82) is 0 Å². The second kappa shape index (κ2) is 6.31. The monoisotopic (exact) mass is 213 g/mol. The molecule has 1 amide bonds. The van der Waals surface area contributed by atoms with Gasteiger partial charge in [-0.25, -0.2) is 4.79 Å². The molecule has 0 aliphatic rings. The van der Waals surface area contributed by atoms with Crippen LogP contribution in [0, 0.1) is 12.3 Å². The van der Waals surface area contributed by atoms with Gasteiger partial charge >= 0.3 is 6.09 Å². The van der Waals surface area contributed by atoms with E-state index in [1.54, 1.807) is 20.8 Å². The van der Waals surface area contributed by atoms with Crippen molar-refractivity contribution >= 4 is 6.09 Å². The number of carbonyl (C=O) groups excluding carboxylic acids is 1. The first-order valence-corrected chi connectivity index (χ1v) is 4.93. The van der Waals surface area contributed by atoms with Gasteiger partial charge in [0.1, 0.15) is 5.60 Å². The lowest BCUT2D eigenvalue weighted by molar-refractivity contribution is 0.0519. The van der Waals surface area contributed by atoms with E-state index in [0.717, 1.165) is 0 Å². The predicted molar refractivity (Wildman–Crippen MR) is 58.3 cm³/mol. The molecular formula is C11H19NO3. The Morgan fingerprint density at radius 2 is 2.20 bits per heavy atom. The SMILES string of the molecule is C#CC[C@@H](O)CCNC(=O)OC(C)(C)C. The molecular weight excluding hydrogens is 194 g/mol. The average Bonchev–Trinajstić information content (AvgIpc) is 2.00. The van der Waals surface area contributed by atoms with Crippen molar-refractivity contribution in [3.05, 3.63) is 0 Å². The van der Waals surface area contributed by atoms with Crippen LogP contribution in [0.5, 0.6) is 0 Å². The van der Waals surface area contributed by atoms with E-state index in [-0.39, 0.29) is 0 Å². The van der Waals surface area contributed by atoms with E-state index in [4.69, 9.17) is 11.2 Å². The number of hydrogen-bond donors (Lipinski definition) is 2. The number of amides is 1. The van der Waals surface area contributed by atoms with Crippen molar-refractivity contribution in [3.63, 3.8) is 0 Å². The van der Waals surface area contributed by atoms with E-state index in [9.17, 15) is 9.90 Å². The van der Waals surface area contributed by atoms with Crippen molar-refractivity contribution in [2.24, 2.45) is 0 Å². The van der Waals surface area contributed by atoms with Crippen molar-refractivity contribution in [2.75, 3.05) is 6.54 Å². The van der Waals surface area contributed by atoms with Gasteiger partial charge in [0.25, 0.3) is 0 Å². The maximum atomic E-state index is 11.1. The van der Waals surface area contributed by atoms with Gasteiger partial charge in [-0.1, -0.05) is 0 Å². The van der Waals surface area contributed by atoms with E-state index in [1.165, 1.54) is 0 Å². The zero-order valence-corrected chi connectivity index (χ0v) is 9.54. The summed E-state index contributed by atoms with van der Waals surface area (Å²) in [5, 5.41) is 11.8. The van der Waals surface area contributed by atoms with Crippen LogP contribution in [0.15, 0.2) is 0 Å². The summed E-state index contributed by atoms with van der Waals surface area (Å²) in [6.45, 7) is 5.73. The summed E-state index contributed by atoms with van der Waals surface area (Å²) in [6.07, 6.45) is 4.72. The molecule has 0 heterocycles. The van der Waals surface area contributed by atoms with Gasteiger partial charge in [0.15, 0.2) is 0 Å². The Balaban J connectivity index is 3.61. The molecule has 0 fully saturated rings. The van der Waals surface area contributed by atoms with Gasteiger partial charge in [-0.05, 0) is 27.2 Å². The zero-order valence-electron chi connectivity index (χ0n) is 9.54. The fourth-order valence-electron chi connectivity index (χ4n) is 0.893. The maximum Gasteiger partial charge on any atom is 0.407 e. The highest BCUT2D eigenvalue weighted by molar-refractivity contribution is 5.67. The van der Waals surface area contributed by atoms with Gasteiger partial charge in [0.2, 0.25) is 0 Å². The number of aliphatic hydroxyl groups excluding tert-OH is 1. The molecule has 0 bridgehead atoms. The molecule has 0 saturated heterocycles. The molecule has 4 nitrogen and oxygen atoms in total. The Kier molecular flexibility index (Phi) is 5.80. The predicted octanol–water partition coefficient (Wildman–Crippen LogP) is 1.29. The first-order chi connectivity index (χ1) is 6.85. The van der Waals surface area contributed by atoms with Crippen molar-refractivity contribution in [1.82, 2.24) is 5.32 Å². The third-order valence-corrected chi connectivity index (χ3v) is 1.50. The second-order valence-electron chi connectivity index (χ2n) is 4.28.